The summed E-state index contributed by atoms with van der Waals surface area (Å²) in [6.07, 6.45) is 1.42. The number of aryl methyl sites for hydroxylation is 1. The zero-order valence-electron chi connectivity index (χ0n) is 21.5. The molecule has 40 heavy (non-hydrogen) atoms. The van der Waals surface area contributed by atoms with Gasteiger partial charge in [-0.15, -0.1) is 0 Å². The molecule has 200 valence electrons. The van der Waals surface area contributed by atoms with Crippen molar-refractivity contribution >= 4 is 35.0 Å². The Morgan fingerprint density at radius 3 is 2.38 bits per heavy atom. The van der Waals surface area contributed by atoms with E-state index in [-0.39, 0.29) is 22.9 Å². The Bertz CT molecular complexity index is 1590. The Hall–Kier alpha value is -5.13. The Kier molecular flexibility index (Phi) is 9.13. The van der Waals surface area contributed by atoms with Crippen LogP contribution in [-0.4, -0.2) is 10.8 Å². The monoisotopic (exact) mass is 553 g/mol. The first-order valence-corrected chi connectivity index (χ1v) is 12.6. The normalized spacial score (nSPS) is 10.9. The van der Waals surface area contributed by atoms with Crippen LogP contribution in [0, 0.1) is 28.4 Å². The largest absolute Gasteiger partial charge is 0.489 e. The topological polar surface area (TPSA) is 114 Å². The van der Waals surface area contributed by atoms with Crippen LogP contribution in [0.15, 0.2) is 96.6 Å². The molecule has 9 heteroatoms. The van der Waals surface area contributed by atoms with E-state index in [1.807, 2.05) is 37.3 Å². The minimum atomic E-state index is -0.571. The summed E-state index contributed by atoms with van der Waals surface area (Å²) in [5, 5.41) is 23.5. The SMILES string of the molecule is Cc1ccc(COc2ccc(NC(=O)/C(C#N)=C/c3ccc(OCc4cccc([N+](=O)[O-])c4)c(Cl)c3)cc2)cc1. The first kappa shape index (κ1) is 27.9. The zero-order chi connectivity index (χ0) is 28.5. The summed E-state index contributed by atoms with van der Waals surface area (Å²) < 4.78 is 11.5. The number of non-ortho nitro benzene ring substituents is 1. The third kappa shape index (κ3) is 7.69. The van der Waals surface area contributed by atoms with E-state index >= 15 is 0 Å². The number of nitro benzene ring substituents is 1. The van der Waals surface area contributed by atoms with Crippen molar-refractivity contribution in [3.63, 3.8) is 0 Å². The lowest BCUT2D eigenvalue weighted by Crippen LogP contribution is -2.13. The van der Waals surface area contributed by atoms with Crippen LogP contribution in [-0.2, 0) is 18.0 Å². The van der Waals surface area contributed by atoms with Gasteiger partial charge >= 0.3 is 0 Å². The van der Waals surface area contributed by atoms with Crippen molar-refractivity contribution in [2.24, 2.45) is 0 Å². The van der Waals surface area contributed by atoms with E-state index < -0.39 is 10.8 Å². The van der Waals surface area contributed by atoms with Crippen molar-refractivity contribution in [1.29, 1.82) is 5.26 Å². The van der Waals surface area contributed by atoms with Gasteiger partial charge < -0.3 is 14.8 Å². The van der Waals surface area contributed by atoms with Crippen molar-refractivity contribution in [3.05, 3.63) is 134 Å². The van der Waals surface area contributed by atoms with E-state index in [0.29, 0.717) is 34.9 Å². The fourth-order valence-corrected chi connectivity index (χ4v) is 3.89. The number of benzene rings is 4. The van der Waals surface area contributed by atoms with Gasteiger partial charge in [0.15, 0.2) is 0 Å². The van der Waals surface area contributed by atoms with Gasteiger partial charge in [0.25, 0.3) is 11.6 Å². The highest BCUT2D eigenvalue weighted by Gasteiger charge is 2.12. The van der Waals surface area contributed by atoms with Crippen LogP contribution in [0.5, 0.6) is 11.5 Å². The van der Waals surface area contributed by atoms with E-state index in [0.717, 1.165) is 5.56 Å². The van der Waals surface area contributed by atoms with Gasteiger partial charge in [-0.25, -0.2) is 0 Å². The van der Waals surface area contributed by atoms with Crippen LogP contribution in [0.25, 0.3) is 6.08 Å². The molecule has 0 unspecified atom stereocenters. The molecule has 0 bridgehead atoms. The number of anilines is 1. The molecule has 0 heterocycles. The minimum Gasteiger partial charge on any atom is -0.489 e. The lowest BCUT2D eigenvalue weighted by molar-refractivity contribution is -0.384. The molecule has 0 saturated carbocycles. The summed E-state index contributed by atoms with van der Waals surface area (Å²) in [7, 11) is 0. The molecule has 1 N–H and O–H groups in total. The zero-order valence-corrected chi connectivity index (χ0v) is 22.2. The number of hydrogen-bond acceptors (Lipinski definition) is 6. The Morgan fingerprint density at radius 2 is 1.70 bits per heavy atom. The first-order valence-electron chi connectivity index (χ1n) is 12.2. The smallest absolute Gasteiger partial charge is 0.269 e. The maximum Gasteiger partial charge on any atom is 0.269 e. The number of nitro groups is 1. The molecule has 1 amide bonds. The molecule has 4 aromatic carbocycles. The Morgan fingerprint density at radius 1 is 0.975 bits per heavy atom. The summed E-state index contributed by atoms with van der Waals surface area (Å²) in [4.78, 5) is 23.2. The lowest BCUT2D eigenvalue weighted by atomic mass is 10.1. The minimum absolute atomic E-state index is 0.0302. The fraction of sp³-hybridized carbons (Fsp3) is 0.0968. The number of hydrogen-bond donors (Lipinski definition) is 1. The first-order chi connectivity index (χ1) is 19.3. The second-order valence-electron chi connectivity index (χ2n) is 8.83. The number of carbonyl (C=O) groups is 1. The lowest BCUT2D eigenvalue weighted by Gasteiger charge is -2.10. The molecule has 0 atom stereocenters. The van der Waals surface area contributed by atoms with Crippen LogP contribution in [0.3, 0.4) is 0 Å². The molecule has 0 radical (unpaired) electrons. The van der Waals surface area contributed by atoms with Crippen molar-refractivity contribution in [3.8, 4) is 17.6 Å². The number of nitriles is 1. The van der Waals surface area contributed by atoms with Crippen molar-refractivity contribution < 1.29 is 19.2 Å². The van der Waals surface area contributed by atoms with E-state index in [2.05, 4.69) is 5.32 Å². The van der Waals surface area contributed by atoms with Crippen LogP contribution < -0.4 is 14.8 Å². The van der Waals surface area contributed by atoms with Crippen LogP contribution >= 0.6 is 11.6 Å². The fourth-order valence-electron chi connectivity index (χ4n) is 3.64. The van der Waals surface area contributed by atoms with Gasteiger partial charge in [0, 0.05) is 17.8 Å². The highest BCUT2D eigenvalue weighted by Crippen LogP contribution is 2.28. The molecule has 4 aromatic rings. The van der Waals surface area contributed by atoms with Crippen molar-refractivity contribution in [2.75, 3.05) is 5.32 Å². The molecule has 0 saturated heterocycles. The van der Waals surface area contributed by atoms with Gasteiger partial charge in [-0.1, -0.05) is 59.6 Å². The van der Waals surface area contributed by atoms with Crippen LogP contribution in [0.1, 0.15) is 22.3 Å². The predicted molar refractivity (Wildman–Crippen MR) is 153 cm³/mol. The van der Waals surface area contributed by atoms with E-state index in [1.165, 1.54) is 23.8 Å². The van der Waals surface area contributed by atoms with Crippen molar-refractivity contribution in [2.45, 2.75) is 20.1 Å². The molecule has 0 fully saturated rings. The number of amides is 1. The van der Waals surface area contributed by atoms with E-state index in [4.69, 9.17) is 21.1 Å². The quantitative estimate of drug-likeness (QED) is 0.0956. The second-order valence-corrected chi connectivity index (χ2v) is 9.24. The number of ether oxygens (including phenoxy) is 2. The maximum absolute atomic E-state index is 12.7. The highest BCUT2D eigenvalue weighted by molar-refractivity contribution is 6.32. The molecular formula is C31H24ClN3O5. The van der Waals surface area contributed by atoms with Gasteiger partial charge in [-0.3, -0.25) is 14.9 Å². The molecule has 0 aliphatic carbocycles. The van der Waals surface area contributed by atoms with Crippen LogP contribution in [0.4, 0.5) is 11.4 Å². The number of nitrogens with one attached hydrogen (secondary N) is 1. The molecule has 0 spiro atoms. The highest BCUT2D eigenvalue weighted by atomic mass is 35.5. The average Bonchev–Trinajstić information content (AvgIpc) is 2.96. The number of rotatable bonds is 10. The molecule has 0 aliphatic heterocycles. The maximum atomic E-state index is 12.7. The summed E-state index contributed by atoms with van der Waals surface area (Å²) in [5.41, 5.74) is 3.74. The van der Waals surface area contributed by atoms with Crippen LogP contribution in [0.2, 0.25) is 5.02 Å². The standard InChI is InChI=1S/C31H24ClN3O5/c1-21-5-7-22(8-6-21)19-39-28-12-10-26(11-13-28)34-31(36)25(18-33)15-23-9-14-30(29(32)17-23)40-20-24-3-2-4-27(16-24)35(37)38/h2-17H,19-20H2,1H3,(H,34,36)/b25-15+. The van der Waals surface area contributed by atoms with Gasteiger partial charge in [-0.05, 0) is 66.1 Å². The summed E-state index contributed by atoms with van der Waals surface area (Å²) in [5.74, 6) is 0.438. The van der Waals surface area contributed by atoms with E-state index in [9.17, 15) is 20.2 Å². The second kappa shape index (κ2) is 13.1. The van der Waals surface area contributed by atoms with Crippen molar-refractivity contribution in [1.82, 2.24) is 0 Å². The average molecular weight is 554 g/mol. The molecule has 0 aliphatic rings. The summed E-state index contributed by atoms with van der Waals surface area (Å²) >= 11 is 6.34. The number of halogens is 1. The third-order valence-corrected chi connectivity index (χ3v) is 6.08. The summed E-state index contributed by atoms with van der Waals surface area (Å²) in [6, 6.07) is 27.8. The summed E-state index contributed by atoms with van der Waals surface area (Å²) in [6.45, 7) is 2.53. The Labute approximate surface area is 236 Å². The molecule has 4 rings (SSSR count). The Balaban J connectivity index is 1.35. The van der Waals surface area contributed by atoms with E-state index in [1.54, 1.807) is 54.6 Å². The van der Waals surface area contributed by atoms with Gasteiger partial charge in [0.2, 0.25) is 0 Å². The van der Waals surface area contributed by atoms with Gasteiger partial charge in [0.05, 0.1) is 9.95 Å². The van der Waals surface area contributed by atoms with Gasteiger partial charge in [-0.2, -0.15) is 5.26 Å². The predicted octanol–water partition coefficient (Wildman–Crippen LogP) is 7.26. The molecular weight excluding hydrogens is 530 g/mol. The van der Waals surface area contributed by atoms with Gasteiger partial charge in [0.1, 0.15) is 36.4 Å². The third-order valence-electron chi connectivity index (χ3n) is 5.79. The number of carbonyl (C=O) groups excluding carboxylic acids is 1. The molecule has 0 aromatic heterocycles. The number of nitrogens with zero attached hydrogens (tertiary/aromatic N) is 2. The molecule has 8 nitrogen and oxygen atoms in total.